The average molecular weight is 258 g/mol. The normalized spacial score (nSPS) is 12.3. The van der Waals surface area contributed by atoms with E-state index in [9.17, 15) is 4.21 Å². The maximum absolute atomic E-state index is 12.6. The van der Waals surface area contributed by atoms with Crippen molar-refractivity contribution < 1.29 is 4.21 Å². The Balaban J connectivity index is 2.41. The van der Waals surface area contributed by atoms with Crippen LogP contribution >= 0.6 is 0 Å². The van der Waals surface area contributed by atoms with Crippen LogP contribution in [0.25, 0.3) is 0 Å². The first-order valence-electron chi connectivity index (χ1n) is 6.34. The molecule has 0 aliphatic carbocycles. The van der Waals surface area contributed by atoms with E-state index in [1.807, 2.05) is 36.4 Å². The van der Waals surface area contributed by atoms with Gasteiger partial charge in [0.1, 0.15) is 0 Å². The fraction of sp³-hybridized carbons (Fsp3) is 0.250. The molecule has 0 saturated heterocycles. The molecule has 1 unspecified atom stereocenters. The van der Waals surface area contributed by atoms with Gasteiger partial charge in [-0.15, -0.1) is 0 Å². The second kappa shape index (κ2) is 5.96. The van der Waals surface area contributed by atoms with Crippen LogP contribution in [0.5, 0.6) is 0 Å². The molecule has 2 aromatic rings. The molecule has 1 atom stereocenters. The zero-order valence-corrected chi connectivity index (χ0v) is 11.7. The van der Waals surface area contributed by atoms with E-state index in [2.05, 4.69) is 26.0 Å². The van der Waals surface area contributed by atoms with Crippen LogP contribution in [0.15, 0.2) is 58.3 Å². The molecular weight excluding hydrogens is 240 g/mol. The predicted molar refractivity (Wildman–Crippen MR) is 76.3 cm³/mol. The van der Waals surface area contributed by atoms with E-state index >= 15 is 0 Å². The Kier molecular flexibility index (Phi) is 4.32. The molecule has 94 valence electrons. The number of rotatable bonds is 4. The number of aryl methyl sites for hydroxylation is 2. The molecule has 0 aliphatic heterocycles. The molecule has 0 amide bonds. The Morgan fingerprint density at radius 2 is 1.72 bits per heavy atom. The molecule has 0 heterocycles. The van der Waals surface area contributed by atoms with Crippen LogP contribution in [-0.2, 0) is 23.6 Å². The van der Waals surface area contributed by atoms with Crippen LogP contribution in [0.4, 0.5) is 0 Å². The van der Waals surface area contributed by atoms with Crippen LogP contribution in [0, 0.1) is 0 Å². The van der Waals surface area contributed by atoms with E-state index in [-0.39, 0.29) is 0 Å². The lowest BCUT2D eigenvalue weighted by Gasteiger charge is -2.08. The van der Waals surface area contributed by atoms with Crippen molar-refractivity contribution in [3.05, 3.63) is 59.7 Å². The minimum absolute atomic E-state index is 0.898. The molecule has 0 saturated carbocycles. The summed E-state index contributed by atoms with van der Waals surface area (Å²) in [6, 6.07) is 16.0. The lowest BCUT2D eigenvalue weighted by Crippen LogP contribution is -1.98. The van der Waals surface area contributed by atoms with Gasteiger partial charge in [0.2, 0.25) is 0 Å². The van der Waals surface area contributed by atoms with E-state index in [0.717, 1.165) is 28.2 Å². The van der Waals surface area contributed by atoms with E-state index in [1.54, 1.807) is 0 Å². The van der Waals surface area contributed by atoms with Crippen molar-refractivity contribution in [1.29, 1.82) is 0 Å². The van der Waals surface area contributed by atoms with Gasteiger partial charge in [-0.3, -0.25) is 0 Å². The Morgan fingerprint density at radius 3 is 2.44 bits per heavy atom. The first-order chi connectivity index (χ1) is 8.76. The van der Waals surface area contributed by atoms with Gasteiger partial charge in [-0.25, -0.2) is 4.21 Å². The van der Waals surface area contributed by atoms with Crippen molar-refractivity contribution >= 4 is 10.8 Å². The first-order valence-corrected chi connectivity index (χ1v) is 7.49. The molecule has 18 heavy (non-hydrogen) atoms. The fourth-order valence-electron chi connectivity index (χ4n) is 1.98. The number of hydrogen-bond donors (Lipinski definition) is 0. The van der Waals surface area contributed by atoms with Gasteiger partial charge in [-0.2, -0.15) is 0 Å². The summed E-state index contributed by atoms with van der Waals surface area (Å²) in [5, 5.41) is 0. The summed E-state index contributed by atoms with van der Waals surface area (Å²) in [6.45, 7) is 4.21. The highest BCUT2D eigenvalue weighted by molar-refractivity contribution is 7.85. The van der Waals surface area contributed by atoms with E-state index in [0.29, 0.717) is 0 Å². The SMILES string of the molecule is CCc1cccc(S(=O)c2ccccc2CC)c1. The molecular formula is C16H18OS. The van der Waals surface area contributed by atoms with Gasteiger partial charge in [0.15, 0.2) is 0 Å². The molecule has 0 bridgehead atoms. The topological polar surface area (TPSA) is 17.1 Å². The fourth-order valence-corrected chi connectivity index (χ4v) is 3.35. The predicted octanol–water partition coefficient (Wildman–Crippen LogP) is 3.98. The molecule has 2 rings (SSSR count). The van der Waals surface area contributed by atoms with E-state index in [1.165, 1.54) is 5.56 Å². The standard InChI is InChI=1S/C16H18OS/c1-3-13-8-7-10-15(12-13)18(17)16-11-6-5-9-14(16)4-2/h5-12H,3-4H2,1-2H3. The van der Waals surface area contributed by atoms with Crippen molar-refractivity contribution in [3.8, 4) is 0 Å². The Morgan fingerprint density at radius 1 is 0.944 bits per heavy atom. The largest absolute Gasteiger partial charge is 0.249 e. The maximum Gasteiger partial charge on any atom is 0.0852 e. The van der Waals surface area contributed by atoms with Crippen LogP contribution in [0.2, 0.25) is 0 Å². The third-order valence-corrected chi connectivity index (χ3v) is 4.55. The lowest BCUT2D eigenvalue weighted by molar-refractivity contribution is 0.682. The molecule has 0 aromatic heterocycles. The second-order valence-electron chi connectivity index (χ2n) is 4.23. The van der Waals surface area contributed by atoms with Crippen molar-refractivity contribution in [3.63, 3.8) is 0 Å². The minimum atomic E-state index is -1.07. The zero-order chi connectivity index (χ0) is 13.0. The molecule has 0 radical (unpaired) electrons. The molecule has 0 fully saturated rings. The van der Waals surface area contributed by atoms with Gasteiger partial charge in [0.25, 0.3) is 0 Å². The third kappa shape index (κ3) is 2.70. The highest BCUT2D eigenvalue weighted by Crippen LogP contribution is 2.21. The summed E-state index contributed by atoms with van der Waals surface area (Å²) in [5.41, 5.74) is 2.40. The number of hydrogen-bond acceptors (Lipinski definition) is 1. The van der Waals surface area contributed by atoms with Gasteiger partial charge in [0, 0.05) is 9.79 Å². The van der Waals surface area contributed by atoms with Gasteiger partial charge in [-0.1, -0.05) is 44.2 Å². The zero-order valence-electron chi connectivity index (χ0n) is 10.8. The molecule has 0 aliphatic rings. The van der Waals surface area contributed by atoms with Gasteiger partial charge in [0.05, 0.1) is 10.8 Å². The smallest absolute Gasteiger partial charge is 0.0852 e. The lowest BCUT2D eigenvalue weighted by atomic mass is 10.2. The summed E-state index contributed by atoms with van der Waals surface area (Å²) in [4.78, 5) is 1.84. The minimum Gasteiger partial charge on any atom is -0.249 e. The average Bonchev–Trinajstić information content (AvgIpc) is 2.46. The van der Waals surface area contributed by atoms with Crippen molar-refractivity contribution in [1.82, 2.24) is 0 Å². The van der Waals surface area contributed by atoms with Crippen LogP contribution in [0.3, 0.4) is 0 Å². The molecule has 0 N–H and O–H groups in total. The highest BCUT2D eigenvalue weighted by atomic mass is 32.2. The molecule has 0 spiro atoms. The maximum atomic E-state index is 12.6. The molecule has 2 heteroatoms. The first kappa shape index (κ1) is 13.0. The quantitative estimate of drug-likeness (QED) is 0.810. The third-order valence-electron chi connectivity index (χ3n) is 3.07. The number of benzene rings is 2. The van der Waals surface area contributed by atoms with Crippen molar-refractivity contribution in [2.45, 2.75) is 36.5 Å². The van der Waals surface area contributed by atoms with Crippen molar-refractivity contribution in [2.24, 2.45) is 0 Å². The summed E-state index contributed by atoms with van der Waals surface area (Å²) in [6.07, 6.45) is 1.88. The van der Waals surface area contributed by atoms with E-state index < -0.39 is 10.8 Å². The van der Waals surface area contributed by atoms with Crippen LogP contribution in [0.1, 0.15) is 25.0 Å². The molecule has 1 nitrogen and oxygen atoms in total. The van der Waals surface area contributed by atoms with Gasteiger partial charge >= 0.3 is 0 Å². The Hall–Kier alpha value is -1.41. The van der Waals surface area contributed by atoms with Crippen LogP contribution < -0.4 is 0 Å². The van der Waals surface area contributed by atoms with Crippen LogP contribution in [-0.4, -0.2) is 4.21 Å². The highest BCUT2D eigenvalue weighted by Gasteiger charge is 2.10. The molecule has 2 aromatic carbocycles. The van der Waals surface area contributed by atoms with Crippen molar-refractivity contribution in [2.75, 3.05) is 0 Å². The summed E-state index contributed by atoms with van der Waals surface area (Å²) in [7, 11) is -1.07. The summed E-state index contributed by atoms with van der Waals surface area (Å²) in [5.74, 6) is 0. The second-order valence-corrected chi connectivity index (χ2v) is 5.68. The van der Waals surface area contributed by atoms with Gasteiger partial charge in [-0.05, 0) is 42.2 Å². The van der Waals surface area contributed by atoms with Gasteiger partial charge < -0.3 is 0 Å². The monoisotopic (exact) mass is 258 g/mol. The Bertz CT molecular complexity index is 561. The van der Waals surface area contributed by atoms with E-state index in [4.69, 9.17) is 0 Å². The Labute approximate surface area is 111 Å². The summed E-state index contributed by atoms with van der Waals surface area (Å²) < 4.78 is 12.6. The summed E-state index contributed by atoms with van der Waals surface area (Å²) >= 11 is 0.